The van der Waals surface area contributed by atoms with Crippen molar-refractivity contribution in [1.29, 1.82) is 0 Å². The summed E-state index contributed by atoms with van der Waals surface area (Å²) in [6, 6.07) is 10.3. The summed E-state index contributed by atoms with van der Waals surface area (Å²) < 4.78 is 45.7. The summed E-state index contributed by atoms with van der Waals surface area (Å²) in [7, 11) is 0. The third-order valence-corrected chi connectivity index (χ3v) is 2.52. The molecule has 0 fully saturated rings. The van der Waals surface area contributed by atoms with E-state index < -0.39 is 6.36 Å². The molecule has 0 unspecified atom stereocenters. The van der Waals surface area contributed by atoms with Gasteiger partial charge in [-0.3, -0.25) is 0 Å². The highest BCUT2D eigenvalue weighted by Crippen LogP contribution is 2.29. The Balaban J connectivity index is 2.17. The molecule has 0 spiro atoms. The second-order valence-corrected chi connectivity index (χ2v) is 4.14. The van der Waals surface area contributed by atoms with Crippen LogP contribution < -0.4 is 15.2 Å². The lowest BCUT2D eigenvalue weighted by Crippen LogP contribution is -2.17. The Morgan fingerprint density at radius 3 is 2.25 bits per heavy atom. The summed E-state index contributed by atoms with van der Waals surface area (Å²) in [6.07, 6.45) is -4.73. The Bertz CT molecular complexity index is 612. The number of anilines is 1. The van der Waals surface area contributed by atoms with Crippen molar-refractivity contribution in [2.75, 3.05) is 5.73 Å². The molecule has 0 aliphatic carbocycles. The fourth-order valence-corrected chi connectivity index (χ4v) is 1.58. The van der Waals surface area contributed by atoms with Gasteiger partial charge in [-0.2, -0.15) is 0 Å². The zero-order valence-corrected chi connectivity index (χ0v) is 10.6. The minimum absolute atomic E-state index is 0.246. The van der Waals surface area contributed by atoms with Crippen LogP contribution in [0, 0.1) is 6.92 Å². The van der Waals surface area contributed by atoms with Gasteiger partial charge >= 0.3 is 6.36 Å². The summed E-state index contributed by atoms with van der Waals surface area (Å²) in [5.74, 6) is 0.402. The van der Waals surface area contributed by atoms with Gasteiger partial charge in [-0.1, -0.05) is 6.07 Å². The predicted molar refractivity (Wildman–Crippen MR) is 68.8 cm³/mol. The van der Waals surface area contributed by atoms with Crippen LogP contribution in [0.15, 0.2) is 42.5 Å². The third-order valence-electron chi connectivity index (χ3n) is 2.52. The van der Waals surface area contributed by atoms with Crippen LogP contribution in [0.4, 0.5) is 18.9 Å². The Hall–Kier alpha value is -2.37. The minimum atomic E-state index is -4.73. The Kier molecular flexibility index (Phi) is 3.74. The van der Waals surface area contributed by atoms with Crippen LogP contribution in [-0.4, -0.2) is 6.36 Å². The first-order chi connectivity index (χ1) is 9.33. The number of rotatable bonds is 3. The number of hydrogen-bond acceptors (Lipinski definition) is 3. The maximum Gasteiger partial charge on any atom is 0.573 e. The summed E-state index contributed by atoms with van der Waals surface area (Å²) in [5, 5.41) is 0. The van der Waals surface area contributed by atoms with Gasteiger partial charge in [0.15, 0.2) is 0 Å². The molecule has 0 atom stereocenters. The maximum atomic E-state index is 12.1. The zero-order chi connectivity index (χ0) is 14.8. The standard InChI is InChI=1S/C14H12F3NO2/c1-9-7-11(5-6-13(9)18)19-10-3-2-4-12(8-10)20-14(15,16)17/h2-8H,18H2,1H3. The van der Waals surface area contributed by atoms with E-state index in [1.165, 1.54) is 24.3 Å². The van der Waals surface area contributed by atoms with E-state index in [1.807, 2.05) is 6.92 Å². The molecule has 6 heteroatoms. The lowest BCUT2D eigenvalue weighted by atomic mass is 10.2. The van der Waals surface area contributed by atoms with Gasteiger partial charge in [-0.05, 0) is 42.8 Å². The molecule has 2 rings (SSSR count). The number of benzene rings is 2. The Labute approximate surface area is 113 Å². The van der Waals surface area contributed by atoms with E-state index in [4.69, 9.17) is 10.5 Å². The second-order valence-electron chi connectivity index (χ2n) is 4.14. The maximum absolute atomic E-state index is 12.1. The first-order valence-corrected chi connectivity index (χ1v) is 5.73. The largest absolute Gasteiger partial charge is 0.573 e. The topological polar surface area (TPSA) is 44.5 Å². The van der Waals surface area contributed by atoms with Gasteiger partial charge in [0.2, 0.25) is 0 Å². The SMILES string of the molecule is Cc1cc(Oc2cccc(OC(F)(F)F)c2)ccc1N. The van der Waals surface area contributed by atoms with E-state index in [2.05, 4.69) is 4.74 Å². The molecule has 3 nitrogen and oxygen atoms in total. The lowest BCUT2D eigenvalue weighted by Gasteiger charge is -2.11. The van der Waals surface area contributed by atoms with Crippen molar-refractivity contribution < 1.29 is 22.6 Å². The quantitative estimate of drug-likeness (QED) is 0.856. The van der Waals surface area contributed by atoms with Crippen LogP contribution in [0.2, 0.25) is 0 Å². The van der Waals surface area contributed by atoms with Gasteiger partial charge in [0, 0.05) is 11.8 Å². The van der Waals surface area contributed by atoms with E-state index in [9.17, 15) is 13.2 Å². The molecule has 106 valence electrons. The molecular formula is C14H12F3NO2. The van der Waals surface area contributed by atoms with Gasteiger partial charge in [-0.25, -0.2) is 0 Å². The Morgan fingerprint density at radius 1 is 0.950 bits per heavy atom. The molecule has 0 heterocycles. The van der Waals surface area contributed by atoms with Crippen LogP contribution in [0.3, 0.4) is 0 Å². The van der Waals surface area contributed by atoms with Crippen LogP contribution in [0.1, 0.15) is 5.56 Å². The highest BCUT2D eigenvalue weighted by molar-refractivity contribution is 5.50. The van der Waals surface area contributed by atoms with Gasteiger partial charge < -0.3 is 15.2 Å². The molecule has 0 aromatic heterocycles. The van der Waals surface area contributed by atoms with Crippen molar-refractivity contribution in [2.24, 2.45) is 0 Å². The highest BCUT2D eigenvalue weighted by Gasteiger charge is 2.31. The van der Waals surface area contributed by atoms with Crippen molar-refractivity contribution in [3.8, 4) is 17.2 Å². The van der Waals surface area contributed by atoms with E-state index in [0.29, 0.717) is 11.4 Å². The molecule has 20 heavy (non-hydrogen) atoms. The highest BCUT2D eigenvalue weighted by atomic mass is 19.4. The summed E-state index contributed by atoms with van der Waals surface area (Å²) in [4.78, 5) is 0. The van der Waals surface area contributed by atoms with E-state index in [1.54, 1.807) is 18.2 Å². The van der Waals surface area contributed by atoms with Crippen LogP contribution in [-0.2, 0) is 0 Å². The van der Waals surface area contributed by atoms with Crippen LogP contribution >= 0.6 is 0 Å². The van der Waals surface area contributed by atoms with Crippen molar-refractivity contribution >= 4 is 5.69 Å². The number of halogens is 3. The fourth-order valence-electron chi connectivity index (χ4n) is 1.58. The first kappa shape index (κ1) is 14.0. The molecule has 0 aliphatic heterocycles. The molecule has 0 radical (unpaired) electrons. The molecule has 0 aliphatic rings. The van der Waals surface area contributed by atoms with Crippen molar-refractivity contribution in [1.82, 2.24) is 0 Å². The lowest BCUT2D eigenvalue weighted by molar-refractivity contribution is -0.274. The van der Waals surface area contributed by atoms with Gasteiger partial charge in [0.25, 0.3) is 0 Å². The molecule has 2 N–H and O–H groups in total. The smallest absolute Gasteiger partial charge is 0.457 e. The average molecular weight is 283 g/mol. The van der Waals surface area contributed by atoms with Crippen molar-refractivity contribution in [2.45, 2.75) is 13.3 Å². The number of aryl methyl sites for hydroxylation is 1. The normalized spacial score (nSPS) is 11.2. The van der Waals surface area contributed by atoms with Gasteiger partial charge in [0.05, 0.1) is 0 Å². The number of hydrogen-bond donors (Lipinski definition) is 1. The fraction of sp³-hybridized carbons (Fsp3) is 0.143. The van der Waals surface area contributed by atoms with Crippen LogP contribution in [0.5, 0.6) is 17.2 Å². The number of nitrogens with two attached hydrogens (primary N) is 1. The predicted octanol–water partition coefficient (Wildman–Crippen LogP) is 4.27. The van der Waals surface area contributed by atoms with Gasteiger partial charge in [0.1, 0.15) is 17.2 Å². The molecule has 2 aromatic carbocycles. The monoisotopic (exact) mass is 283 g/mol. The molecule has 0 saturated carbocycles. The summed E-state index contributed by atoms with van der Waals surface area (Å²) in [5.41, 5.74) is 7.12. The van der Waals surface area contributed by atoms with E-state index in [-0.39, 0.29) is 11.5 Å². The molecule has 2 aromatic rings. The van der Waals surface area contributed by atoms with E-state index >= 15 is 0 Å². The molecule has 0 saturated heterocycles. The molecule has 0 amide bonds. The Morgan fingerprint density at radius 2 is 1.60 bits per heavy atom. The van der Waals surface area contributed by atoms with Gasteiger partial charge in [-0.15, -0.1) is 13.2 Å². The zero-order valence-electron chi connectivity index (χ0n) is 10.6. The summed E-state index contributed by atoms with van der Waals surface area (Å²) >= 11 is 0. The molecular weight excluding hydrogens is 271 g/mol. The van der Waals surface area contributed by atoms with E-state index in [0.717, 1.165) is 5.56 Å². The second kappa shape index (κ2) is 5.32. The van der Waals surface area contributed by atoms with Crippen LogP contribution in [0.25, 0.3) is 0 Å². The third kappa shape index (κ3) is 3.81. The average Bonchev–Trinajstić information content (AvgIpc) is 2.32. The number of alkyl halides is 3. The summed E-state index contributed by atoms with van der Waals surface area (Å²) in [6.45, 7) is 1.81. The number of ether oxygens (including phenoxy) is 2. The van der Waals surface area contributed by atoms with Crippen molar-refractivity contribution in [3.63, 3.8) is 0 Å². The minimum Gasteiger partial charge on any atom is -0.457 e. The number of nitrogen functional groups attached to an aromatic ring is 1. The first-order valence-electron chi connectivity index (χ1n) is 5.73. The molecule has 0 bridgehead atoms. The van der Waals surface area contributed by atoms with Crippen molar-refractivity contribution in [3.05, 3.63) is 48.0 Å².